The number of hydrogen-bond acceptors (Lipinski definition) is 4. The zero-order valence-corrected chi connectivity index (χ0v) is 15.1. The Bertz CT molecular complexity index is 823. The molecule has 2 aromatic carbocycles. The van der Waals surface area contributed by atoms with Crippen LogP contribution in [-0.4, -0.2) is 30.9 Å². The first-order chi connectivity index (χ1) is 10.8. The first-order valence-corrected chi connectivity index (χ1v) is 9.67. The molecule has 3 atom stereocenters. The minimum absolute atomic E-state index is 0.162. The van der Waals surface area contributed by atoms with Gasteiger partial charge in [0, 0.05) is 15.4 Å². The van der Waals surface area contributed by atoms with Crippen molar-refractivity contribution in [1.82, 2.24) is 0 Å². The van der Waals surface area contributed by atoms with Gasteiger partial charge in [-0.1, -0.05) is 39.7 Å². The van der Waals surface area contributed by atoms with E-state index in [-0.39, 0.29) is 4.90 Å². The minimum atomic E-state index is -3.67. The fourth-order valence-electron chi connectivity index (χ4n) is 3.01. The van der Waals surface area contributed by atoms with Crippen LogP contribution in [-0.2, 0) is 9.84 Å². The van der Waals surface area contributed by atoms with Crippen molar-refractivity contribution in [2.24, 2.45) is 5.73 Å². The summed E-state index contributed by atoms with van der Waals surface area (Å²) in [6, 6.07) is 13.3. The van der Waals surface area contributed by atoms with E-state index < -0.39 is 33.2 Å². The van der Waals surface area contributed by atoms with Crippen molar-refractivity contribution in [3.05, 3.63) is 63.6 Å². The van der Waals surface area contributed by atoms with Gasteiger partial charge in [0.2, 0.25) is 0 Å². The van der Waals surface area contributed by atoms with Crippen LogP contribution < -0.4 is 5.73 Å². The molecule has 0 heterocycles. The maximum Gasteiger partial charge on any atom is 0.183 e. The molecule has 1 saturated carbocycles. The number of aliphatic hydroxyl groups is 1. The monoisotopic (exact) mass is 415 g/mol. The first-order valence-electron chi connectivity index (χ1n) is 6.95. The van der Waals surface area contributed by atoms with Crippen molar-refractivity contribution in [1.29, 1.82) is 0 Å². The molecule has 1 fully saturated rings. The summed E-state index contributed by atoms with van der Waals surface area (Å²) in [6.45, 7) is -0.398. The average molecular weight is 417 g/mol. The maximum atomic E-state index is 12.9. The third-order valence-electron chi connectivity index (χ3n) is 4.28. The summed E-state index contributed by atoms with van der Waals surface area (Å²) in [7, 11) is -3.67. The van der Waals surface area contributed by atoms with Gasteiger partial charge in [-0.25, -0.2) is 8.42 Å². The van der Waals surface area contributed by atoms with E-state index in [1.807, 2.05) is 24.3 Å². The average Bonchev–Trinajstić information content (AvgIpc) is 3.16. The smallest absolute Gasteiger partial charge is 0.183 e. The molecule has 0 bridgehead atoms. The summed E-state index contributed by atoms with van der Waals surface area (Å²) in [5.74, 6) is -0.443. The van der Waals surface area contributed by atoms with Gasteiger partial charge in [-0.2, -0.15) is 0 Å². The molecule has 0 unspecified atom stereocenters. The number of sulfone groups is 1. The lowest BCUT2D eigenvalue weighted by atomic mass is 10.1. The van der Waals surface area contributed by atoms with Crippen molar-refractivity contribution in [3.63, 3.8) is 0 Å². The molecule has 0 amide bonds. The Hall–Kier alpha value is -0.920. The van der Waals surface area contributed by atoms with Crippen molar-refractivity contribution in [2.45, 2.75) is 21.6 Å². The van der Waals surface area contributed by atoms with E-state index in [9.17, 15) is 13.5 Å². The second-order valence-corrected chi connectivity index (χ2v) is 9.14. The number of halogens is 2. The summed E-state index contributed by atoms with van der Waals surface area (Å²) in [5, 5.41) is 9.26. The standard InChI is InChI=1S/C16H15BrClNO3S/c17-11-3-1-10(2-4-11)14-15(16(14,19)9-20)23(21,22)13-7-5-12(18)6-8-13/h1-8,14-15,20H,9,19H2/t14-,15-,16-/m0/s1. The Morgan fingerprint density at radius 1 is 1.13 bits per heavy atom. The summed E-state index contributed by atoms with van der Waals surface area (Å²) >= 11 is 9.16. The van der Waals surface area contributed by atoms with E-state index in [1.54, 1.807) is 0 Å². The molecule has 0 radical (unpaired) electrons. The fraction of sp³-hybridized carbons (Fsp3) is 0.250. The molecule has 0 aromatic heterocycles. The van der Waals surface area contributed by atoms with E-state index in [2.05, 4.69) is 15.9 Å². The van der Waals surface area contributed by atoms with Gasteiger partial charge in [0.1, 0.15) is 0 Å². The molecule has 4 nitrogen and oxygen atoms in total. The lowest BCUT2D eigenvalue weighted by molar-refractivity contribution is 0.253. The molecule has 3 N–H and O–H groups in total. The second kappa shape index (κ2) is 5.86. The SMILES string of the molecule is N[C@@]1(CO)[C@@H](c2ccc(Br)cc2)[C@@H]1S(=O)(=O)c1ccc(Cl)cc1. The summed E-state index contributed by atoms with van der Waals surface area (Å²) < 4.78 is 26.7. The molecule has 2 aromatic rings. The zero-order valence-electron chi connectivity index (χ0n) is 12.0. The molecular formula is C16H15BrClNO3S. The summed E-state index contributed by atoms with van der Waals surface area (Å²) in [5.41, 5.74) is 5.81. The lowest BCUT2D eigenvalue weighted by Crippen LogP contribution is -2.35. The zero-order chi connectivity index (χ0) is 16.8. The third-order valence-corrected chi connectivity index (χ3v) is 7.37. The van der Waals surface area contributed by atoms with Gasteiger partial charge in [-0.3, -0.25) is 0 Å². The molecule has 1 aliphatic rings. The molecular weight excluding hydrogens is 402 g/mol. The molecule has 0 spiro atoms. The van der Waals surface area contributed by atoms with Crippen LogP contribution in [0, 0.1) is 0 Å². The minimum Gasteiger partial charge on any atom is -0.394 e. The Labute approximate surface area is 148 Å². The van der Waals surface area contributed by atoms with Crippen LogP contribution >= 0.6 is 27.5 Å². The van der Waals surface area contributed by atoms with Crippen LogP contribution in [0.25, 0.3) is 0 Å². The molecule has 0 aliphatic heterocycles. The Kier molecular flexibility index (Phi) is 4.31. The van der Waals surface area contributed by atoms with Crippen LogP contribution in [0.5, 0.6) is 0 Å². The van der Waals surface area contributed by atoms with Crippen molar-refractivity contribution in [2.75, 3.05) is 6.61 Å². The van der Waals surface area contributed by atoms with E-state index in [4.69, 9.17) is 17.3 Å². The third kappa shape index (κ3) is 2.83. The quantitative estimate of drug-likeness (QED) is 0.803. The van der Waals surface area contributed by atoms with Gasteiger partial charge in [-0.05, 0) is 42.0 Å². The predicted molar refractivity (Wildman–Crippen MR) is 93.3 cm³/mol. The number of aliphatic hydroxyl groups excluding tert-OH is 1. The van der Waals surface area contributed by atoms with Gasteiger partial charge < -0.3 is 10.8 Å². The van der Waals surface area contributed by atoms with E-state index in [0.29, 0.717) is 5.02 Å². The van der Waals surface area contributed by atoms with Crippen LogP contribution in [0.4, 0.5) is 0 Å². The first kappa shape index (κ1) is 16.9. The highest BCUT2D eigenvalue weighted by Gasteiger charge is 2.69. The van der Waals surface area contributed by atoms with Crippen molar-refractivity contribution in [3.8, 4) is 0 Å². The van der Waals surface area contributed by atoms with Crippen molar-refractivity contribution >= 4 is 37.4 Å². The number of benzene rings is 2. The highest BCUT2D eigenvalue weighted by atomic mass is 79.9. The van der Waals surface area contributed by atoms with E-state index in [0.717, 1.165) is 10.0 Å². The fourth-order valence-corrected chi connectivity index (χ4v) is 5.69. The maximum absolute atomic E-state index is 12.9. The molecule has 122 valence electrons. The topological polar surface area (TPSA) is 80.4 Å². The van der Waals surface area contributed by atoms with E-state index >= 15 is 0 Å². The second-order valence-electron chi connectivity index (χ2n) is 5.72. The van der Waals surface area contributed by atoms with Gasteiger partial charge >= 0.3 is 0 Å². The van der Waals surface area contributed by atoms with E-state index in [1.165, 1.54) is 24.3 Å². The van der Waals surface area contributed by atoms with Crippen LogP contribution in [0.1, 0.15) is 11.5 Å². The molecule has 3 rings (SSSR count). The van der Waals surface area contributed by atoms with Crippen LogP contribution in [0.3, 0.4) is 0 Å². The highest BCUT2D eigenvalue weighted by molar-refractivity contribution is 9.10. The van der Waals surface area contributed by atoms with Gasteiger partial charge in [0.05, 0.1) is 22.3 Å². The number of nitrogens with two attached hydrogens (primary N) is 1. The molecule has 7 heteroatoms. The molecule has 1 aliphatic carbocycles. The summed E-state index contributed by atoms with van der Waals surface area (Å²) in [6.07, 6.45) is 0. The Balaban J connectivity index is 2.01. The number of hydrogen-bond donors (Lipinski definition) is 2. The Morgan fingerprint density at radius 2 is 1.70 bits per heavy atom. The van der Waals surface area contributed by atoms with Gasteiger partial charge in [0.25, 0.3) is 0 Å². The lowest BCUT2D eigenvalue weighted by Gasteiger charge is -2.08. The van der Waals surface area contributed by atoms with Gasteiger partial charge in [-0.15, -0.1) is 0 Å². The number of rotatable bonds is 4. The summed E-state index contributed by atoms with van der Waals surface area (Å²) in [4.78, 5) is 0.162. The normalized spacial score (nSPS) is 27.0. The molecule has 23 heavy (non-hydrogen) atoms. The van der Waals surface area contributed by atoms with Crippen LogP contribution in [0.2, 0.25) is 5.02 Å². The largest absolute Gasteiger partial charge is 0.394 e. The highest BCUT2D eigenvalue weighted by Crippen LogP contribution is 2.55. The predicted octanol–water partition coefficient (Wildman–Crippen LogP) is 2.73. The molecule has 0 saturated heterocycles. The van der Waals surface area contributed by atoms with Crippen molar-refractivity contribution < 1.29 is 13.5 Å². The van der Waals surface area contributed by atoms with Gasteiger partial charge in [0.15, 0.2) is 9.84 Å². The van der Waals surface area contributed by atoms with Crippen LogP contribution in [0.15, 0.2) is 57.9 Å². The Morgan fingerprint density at radius 3 is 2.22 bits per heavy atom.